The van der Waals surface area contributed by atoms with Gasteiger partial charge in [0, 0.05) is 0 Å². The van der Waals surface area contributed by atoms with Crippen LogP contribution in [-0.4, -0.2) is 25.5 Å². The molecule has 0 bridgehead atoms. The van der Waals surface area contributed by atoms with Crippen molar-refractivity contribution < 1.29 is 0 Å². The number of rotatable bonds is 4. The third kappa shape index (κ3) is 3.15. The van der Waals surface area contributed by atoms with Crippen LogP contribution in [-0.2, 0) is 5.41 Å². The Kier molecular flexibility index (Phi) is 3.70. The largest absolute Gasteiger partial charge is 0.309 e. The highest BCUT2D eigenvalue weighted by atomic mass is 15.0. The molecular formula is C13H21N. The number of hydrogen-bond acceptors (Lipinski definition) is 1. The summed E-state index contributed by atoms with van der Waals surface area (Å²) >= 11 is 0. The maximum absolute atomic E-state index is 2.31. The Bertz CT molecular complexity index is 262. The van der Waals surface area contributed by atoms with Crippen molar-refractivity contribution in [3.05, 3.63) is 35.9 Å². The summed E-state index contributed by atoms with van der Waals surface area (Å²) in [6.07, 6.45) is 1.20. The third-order valence-electron chi connectivity index (χ3n) is 2.74. The van der Waals surface area contributed by atoms with Gasteiger partial charge in [-0.15, -0.1) is 0 Å². The molecule has 0 aliphatic carbocycles. The van der Waals surface area contributed by atoms with Gasteiger partial charge in [0.1, 0.15) is 0 Å². The van der Waals surface area contributed by atoms with Gasteiger partial charge in [-0.2, -0.15) is 0 Å². The van der Waals surface area contributed by atoms with Crippen molar-refractivity contribution in [3.8, 4) is 0 Å². The van der Waals surface area contributed by atoms with Crippen LogP contribution in [0.5, 0.6) is 0 Å². The predicted molar refractivity (Wildman–Crippen MR) is 62.6 cm³/mol. The third-order valence-corrected chi connectivity index (χ3v) is 2.74. The molecule has 0 unspecified atom stereocenters. The summed E-state index contributed by atoms with van der Waals surface area (Å²) in [5.74, 6) is 0. The quantitative estimate of drug-likeness (QED) is 0.707. The minimum absolute atomic E-state index is 0.283. The van der Waals surface area contributed by atoms with Gasteiger partial charge in [-0.25, -0.2) is 0 Å². The first-order valence-corrected chi connectivity index (χ1v) is 5.22. The van der Waals surface area contributed by atoms with E-state index in [4.69, 9.17) is 0 Å². The molecule has 0 aliphatic rings. The van der Waals surface area contributed by atoms with Crippen molar-refractivity contribution in [3.63, 3.8) is 0 Å². The molecule has 1 rings (SSSR count). The van der Waals surface area contributed by atoms with Crippen LogP contribution in [0.15, 0.2) is 30.3 Å². The Hall–Kier alpha value is -0.820. The van der Waals surface area contributed by atoms with E-state index >= 15 is 0 Å². The molecule has 1 heteroatoms. The second-order valence-electron chi connectivity index (χ2n) is 4.80. The van der Waals surface area contributed by atoms with Gasteiger partial charge in [0.2, 0.25) is 0 Å². The first kappa shape index (κ1) is 11.3. The topological polar surface area (TPSA) is 3.24 Å². The fraction of sp³-hybridized carbons (Fsp3) is 0.538. The highest BCUT2D eigenvalue weighted by Crippen LogP contribution is 2.26. The van der Waals surface area contributed by atoms with E-state index < -0.39 is 0 Å². The van der Waals surface area contributed by atoms with Crippen LogP contribution >= 0.6 is 0 Å². The van der Waals surface area contributed by atoms with Crippen molar-refractivity contribution in [2.45, 2.75) is 25.7 Å². The van der Waals surface area contributed by atoms with Crippen LogP contribution in [0.2, 0.25) is 0 Å². The summed E-state index contributed by atoms with van der Waals surface area (Å²) in [4.78, 5) is 2.24. The Balaban J connectivity index is 2.66. The smallest absolute Gasteiger partial charge is 0.00165 e. The SMILES string of the molecule is CN(C)CCC(C)(C)c1ccccc1. The Morgan fingerprint density at radius 2 is 1.64 bits per heavy atom. The molecule has 0 heterocycles. The molecule has 14 heavy (non-hydrogen) atoms. The molecule has 1 aromatic carbocycles. The zero-order chi connectivity index (χ0) is 10.6. The summed E-state index contributed by atoms with van der Waals surface area (Å²) in [7, 11) is 4.25. The van der Waals surface area contributed by atoms with Gasteiger partial charge in [0.25, 0.3) is 0 Å². The molecule has 0 saturated carbocycles. The monoisotopic (exact) mass is 191 g/mol. The van der Waals surface area contributed by atoms with Crippen LogP contribution in [0.25, 0.3) is 0 Å². The lowest BCUT2D eigenvalue weighted by Gasteiger charge is -2.26. The fourth-order valence-corrected chi connectivity index (χ4v) is 1.54. The maximum atomic E-state index is 2.31. The molecule has 0 atom stereocenters. The van der Waals surface area contributed by atoms with Gasteiger partial charge in [-0.3, -0.25) is 0 Å². The normalized spacial score (nSPS) is 12.1. The molecule has 0 fully saturated rings. The van der Waals surface area contributed by atoms with Gasteiger partial charge in [-0.05, 0) is 38.0 Å². The van der Waals surface area contributed by atoms with Gasteiger partial charge < -0.3 is 4.90 Å². The van der Waals surface area contributed by atoms with E-state index in [2.05, 4.69) is 63.2 Å². The first-order valence-electron chi connectivity index (χ1n) is 5.22. The predicted octanol–water partition coefficient (Wildman–Crippen LogP) is 2.92. The van der Waals surface area contributed by atoms with E-state index in [1.807, 2.05) is 0 Å². The molecule has 0 aromatic heterocycles. The summed E-state index contributed by atoms with van der Waals surface area (Å²) in [5, 5.41) is 0. The van der Waals surface area contributed by atoms with E-state index in [0.29, 0.717) is 0 Å². The fourth-order valence-electron chi connectivity index (χ4n) is 1.54. The van der Waals surface area contributed by atoms with E-state index in [9.17, 15) is 0 Å². The molecule has 0 saturated heterocycles. The van der Waals surface area contributed by atoms with Crippen molar-refractivity contribution in [1.82, 2.24) is 4.90 Å². The molecular weight excluding hydrogens is 170 g/mol. The summed E-state index contributed by atoms with van der Waals surface area (Å²) in [5.41, 5.74) is 1.72. The molecule has 78 valence electrons. The van der Waals surface area contributed by atoms with E-state index in [1.165, 1.54) is 12.0 Å². The van der Waals surface area contributed by atoms with Gasteiger partial charge in [0.05, 0.1) is 0 Å². The lowest BCUT2D eigenvalue weighted by Crippen LogP contribution is -2.24. The summed E-state index contributed by atoms with van der Waals surface area (Å²) in [6.45, 7) is 5.76. The van der Waals surface area contributed by atoms with Crippen molar-refractivity contribution >= 4 is 0 Å². The van der Waals surface area contributed by atoms with E-state index in [1.54, 1.807) is 0 Å². The number of hydrogen-bond donors (Lipinski definition) is 0. The zero-order valence-electron chi connectivity index (χ0n) is 9.75. The lowest BCUT2D eigenvalue weighted by molar-refractivity contribution is 0.343. The average Bonchev–Trinajstić information content (AvgIpc) is 2.16. The second-order valence-corrected chi connectivity index (χ2v) is 4.80. The van der Waals surface area contributed by atoms with Crippen LogP contribution < -0.4 is 0 Å². The number of nitrogens with zero attached hydrogens (tertiary/aromatic N) is 1. The highest BCUT2D eigenvalue weighted by Gasteiger charge is 2.19. The Morgan fingerprint density at radius 3 is 2.14 bits per heavy atom. The highest BCUT2D eigenvalue weighted by molar-refractivity contribution is 5.23. The van der Waals surface area contributed by atoms with Crippen LogP contribution in [0, 0.1) is 0 Å². The molecule has 0 spiro atoms. The minimum Gasteiger partial charge on any atom is -0.309 e. The Labute approximate surface area is 87.7 Å². The lowest BCUT2D eigenvalue weighted by atomic mass is 9.81. The maximum Gasteiger partial charge on any atom is -0.00165 e. The molecule has 1 nitrogen and oxygen atoms in total. The zero-order valence-corrected chi connectivity index (χ0v) is 9.75. The number of benzene rings is 1. The van der Waals surface area contributed by atoms with Crippen LogP contribution in [0.4, 0.5) is 0 Å². The summed E-state index contributed by atoms with van der Waals surface area (Å²) in [6, 6.07) is 10.7. The summed E-state index contributed by atoms with van der Waals surface area (Å²) < 4.78 is 0. The van der Waals surface area contributed by atoms with Gasteiger partial charge in [-0.1, -0.05) is 44.2 Å². The van der Waals surface area contributed by atoms with E-state index in [0.717, 1.165) is 6.54 Å². The molecule has 0 aliphatic heterocycles. The first-order chi connectivity index (χ1) is 6.52. The van der Waals surface area contributed by atoms with Crippen molar-refractivity contribution in [2.75, 3.05) is 20.6 Å². The van der Waals surface area contributed by atoms with Crippen LogP contribution in [0.3, 0.4) is 0 Å². The van der Waals surface area contributed by atoms with Gasteiger partial charge in [0.15, 0.2) is 0 Å². The van der Waals surface area contributed by atoms with Gasteiger partial charge >= 0.3 is 0 Å². The molecule has 0 radical (unpaired) electrons. The average molecular weight is 191 g/mol. The van der Waals surface area contributed by atoms with Crippen LogP contribution in [0.1, 0.15) is 25.8 Å². The Morgan fingerprint density at radius 1 is 1.07 bits per heavy atom. The minimum atomic E-state index is 0.283. The molecule has 1 aromatic rings. The second kappa shape index (κ2) is 4.61. The van der Waals surface area contributed by atoms with Crippen molar-refractivity contribution in [1.29, 1.82) is 0 Å². The van der Waals surface area contributed by atoms with E-state index in [-0.39, 0.29) is 5.41 Å². The molecule has 0 amide bonds. The van der Waals surface area contributed by atoms with Crippen molar-refractivity contribution in [2.24, 2.45) is 0 Å². The molecule has 0 N–H and O–H groups in total. The standard InChI is InChI=1S/C13H21N/c1-13(2,10-11-14(3)4)12-8-6-5-7-9-12/h5-9H,10-11H2,1-4H3.